The predicted molar refractivity (Wildman–Crippen MR) is 124 cm³/mol. The Labute approximate surface area is 190 Å². The maximum Gasteiger partial charge on any atom is 0.224 e. The standard InChI is InChI=1S/C23H36FN5O3/c1-2-25-23(26-10-3-16-32-21-9-17-31-18-21)27-11-8-22(30)29-14-12-28(13-15-29)20-6-4-19(24)5-7-20/h4-7,21H,2-3,8-18H2,1H3,(H2,25,26,27). The van der Waals surface area contributed by atoms with Gasteiger partial charge in [-0.1, -0.05) is 0 Å². The second-order valence-corrected chi connectivity index (χ2v) is 7.99. The van der Waals surface area contributed by atoms with Gasteiger partial charge in [-0.15, -0.1) is 0 Å². The summed E-state index contributed by atoms with van der Waals surface area (Å²) in [5.41, 5.74) is 0.994. The normalized spacial score (nSPS) is 19.3. The van der Waals surface area contributed by atoms with Gasteiger partial charge in [0.25, 0.3) is 0 Å². The van der Waals surface area contributed by atoms with E-state index in [2.05, 4.69) is 20.5 Å². The maximum absolute atomic E-state index is 13.1. The van der Waals surface area contributed by atoms with Gasteiger partial charge in [0.1, 0.15) is 5.82 Å². The Bertz CT molecular complexity index is 717. The first-order valence-electron chi connectivity index (χ1n) is 11.7. The molecule has 8 nitrogen and oxygen atoms in total. The van der Waals surface area contributed by atoms with Crippen LogP contribution in [0.4, 0.5) is 10.1 Å². The maximum atomic E-state index is 13.1. The molecule has 2 heterocycles. The third-order valence-electron chi connectivity index (χ3n) is 5.61. The summed E-state index contributed by atoms with van der Waals surface area (Å²) < 4.78 is 24.2. The second-order valence-electron chi connectivity index (χ2n) is 7.99. The number of aliphatic imine (C=N–C) groups is 1. The van der Waals surface area contributed by atoms with Crippen molar-refractivity contribution in [1.82, 2.24) is 15.5 Å². The molecular weight excluding hydrogens is 413 g/mol. The lowest BCUT2D eigenvalue weighted by Gasteiger charge is -2.36. The number of nitrogens with one attached hydrogen (secondary N) is 2. The number of hydrogen-bond acceptors (Lipinski definition) is 5. The van der Waals surface area contributed by atoms with E-state index >= 15 is 0 Å². The van der Waals surface area contributed by atoms with Crippen LogP contribution in [0, 0.1) is 5.82 Å². The fraction of sp³-hybridized carbons (Fsp3) is 0.652. The van der Waals surface area contributed by atoms with E-state index in [1.54, 1.807) is 12.1 Å². The Kier molecular flexibility index (Phi) is 10.0. The van der Waals surface area contributed by atoms with Crippen LogP contribution >= 0.6 is 0 Å². The summed E-state index contributed by atoms with van der Waals surface area (Å²) in [6.45, 7) is 9.02. The van der Waals surface area contributed by atoms with E-state index in [9.17, 15) is 9.18 Å². The van der Waals surface area contributed by atoms with Crippen LogP contribution in [0.1, 0.15) is 26.2 Å². The molecule has 0 aliphatic carbocycles. The van der Waals surface area contributed by atoms with E-state index in [4.69, 9.17) is 9.47 Å². The van der Waals surface area contributed by atoms with Crippen LogP contribution in [0.25, 0.3) is 0 Å². The number of rotatable bonds is 10. The molecule has 3 rings (SSSR count). The highest BCUT2D eigenvalue weighted by molar-refractivity contribution is 5.81. The number of benzene rings is 1. The van der Waals surface area contributed by atoms with E-state index in [1.807, 2.05) is 11.8 Å². The number of ether oxygens (including phenoxy) is 2. The van der Waals surface area contributed by atoms with Crippen LogP contribution in [0.3, 0.4) is 0 Å². The van der Waals surface area contributed by atoms with Crippen LogP contribution in [0.2, 0.25) is 0 Å². The molecule has 178 valence electrons. The number of carbonyl (C=O) groups excluding carboxylic acids is 1. The average Bonchev–Trinajstić information content (AvgIpc) is 3.33. The number of hydrogen-bond donors (Lipinski definition) is 2. The predicted octanol–water partition coefficient (Wildman–Crippen LogP) is 1.62. The summed E-state index contributed by atoms with van der Waals surface area (Å²) in [4.78, 5) is 21.2. The number of anilines is 1. The SMILES string of the molecule is CCNC(=NCCCOC1CCOC1)NCCC(=O)N1CCN(c2ccc(F)cc2)CC1. The number of amides is 1. The van der Waals surface area contributed by atoms with E-state index in [0.29, 0.717) is 45.8 Å². The Morgan fingerprint density at radius 2 is 2.00 bits per heavy atom. The molecule has 1 aromatic carbocycles. The van der Waals surface area contributed by atoms with E-state index < -0.39 is 0 Å². The Hall–Kier alpha value is -2.39. The van der Waals surface area contributed by atoms with E-state index in [-0.39, 0.29) is 17.8 Å². The van der Waals surface area contributed by atoms with Crippen LogP contribution in [-0.2, 0) is 14.3 Å². The van der Waals surface area contributed by atoms with Gasteiger partial charge in [-0.3, -0.25) is 9.79 Å². The van der Waals surface area contributed by atoms with Crippen molar-refractivity contribution in [3.05, 3.63) is 30.1 Å². The van der Waals surface area contributed by atoms with Crippen molar-refractivity contribution in [2.75, 3.05) is 70.5 Å². The monoisotopic (exact) mass is 449 g/mol. The summed E-state index contributed by atoms with van der Waals surface area (Å²) in [6.07, 6.45) is 2.48. The summed E-state index contributed by atoms with van der Waals surface area (Å²) in [5.74, 6) is 0.632. The Morgan fingerprint density at radius 3 is 2.69 bits per heavy atom. The quantitative estimate of drug-likeness (QED) is 0.321. The molecule has 0 aromatic heterocycles. The van der Waals surface area contributed by atoms with Gasteiger partial charge in [-0.05, 0) is 44.0 Å². The number of piperazine rings is 1. The van der Waals surface area contributed by atoms with Crippen LogP contribution in [-0.4, -0.2) is 88.5 Å². The molecule has 1 unspecified atom stereocenters. The highest BCUT2D eigenvalue weighted by Gasteiger charge is 2.21. The molecule has 1 amide bonds. The highest BCUT2D eigenvalue weighted by Crippen LogP contribution is 2.17. The number of halogens is 1. The van der Waals surface area contributed by atoms with Crippen molar-refractivity contribution in [3.63, 3.8) is 0 Å². The van der Waals surface area contributed by atoms with Gasteiger partial charge in [0.15, 0.2) is 5.96 Å². The molecule has 2 N–H and O–H groups in total. The first-order valence-corrected chi connectivity index (χ1v) is 11.7. The first kappa shape index (κ1) is 24.3. The van der Waals surface area contributed by atoms with Crippen molar-refractivity contribution in [1.29, 1.82) is 0 Å². The van der Waals surface area contributed by atoms with Crippen LogP contribution in [0.5, 0.6) is 0 Å². The van der Waals surface area contributed by atoms with E-state index in [1.165, 1.54) is 12.1 Å². The van der Waals surface area contributed by atoms with Crippen molar-refractivity contribution in [2.24, 2.45) is 4.99 Å². The molecule has 0 spiro atoms. The molecule has 0 radical (unpaired) electrons. The zero-order chi connectivity index (χ0) is 22.6. The molecule has 2 aliphatic rings. The molecule has 0 saturated carbocycles. The molecular formula is C23H36FN5O3. The third kappa shape index (κ3) is 7.94. The topological polar surface area (TPSA) is 78.4 Å². The van der Waals surface area contributed by atoms with Gasteiger partial charge in [0, 0.05) is 71.1 Å². The van der Waals surface area contributed by atoms with Gasteiger partial charge < -0.3 is 29.9 Å². The summed E-state index contributed by atoms with van der Waals surface area (Å²) in [5, 5.41) is 6.46. The zero-order valence-electron chi connectivity index (χ0n) is 19.0. The molecule has 2 saturated heterocycles. The average molecular weight is 450 g/mol. The van der Waals surface area contributed by atoms with Crippen molar-refractivity contribution >= 4 is 17.6 Å². The van der Waals surface area contributed by atoms with Crippen LogP contribution < -0.4 is 15.5 Å². The Morgan fingerprint density at radius 1 is 1.22 bits per heavy atom. The first-order chi connectivity index (χ1) is 15.7. The van der Waals surface area contributed by atoms with Crippen molar-refractivity contribution < 1.29 is 18.7 Å². The Balaban J connectivity index is 1.31. The lowest BCUT2D eigenvalue weighted by atomic mass is 10.2. The van der Waals surface area contributed by atoms with Gasteiger partial charge >= 0.3 is 0 Å². The zero-order valence-corrected chi connectivity index (χ0v) is 19.0. The minimum Gasteiger partial charge on any atom is -0.379 e. The minimum absolute atomic E-state index is 0.138. The lowest BCUT2D eigenvalue weighted by Crippen LogP contribution is -2.49. The smallest absolute Gasteiger partial charge is 0.224 e. The molecule has 1 aromatic rings. The molecule has 2 fully saturated rings. The fourth-order valence-electron chi connectivity index (χ4n) is 3.80. The highest BCUT2D eigenvalue weighted by atomic mass is 19.1. The number of guanidine groups is 1. The van der Waals surface area contributed by atoms with Crippen molar-refractivity contribution in [3.8, 4) is 0 Å². The lowest BCUT2D eigenvalue weighted by molar-refractivity contribution is -0.131. The van der Waals surface area contributed by atoms with Gasteiger partial charge in [0.2, 0.25) is 5.91 Å². The summed E-state index contributed by atoms with van der Waals surface area (Å²) in [6, 6.07) is 6.51. The minimum atomic E-state index is -0.233. The van der Waals surface area contributed by atoms with Crippen molar-refractivity contribution in [2.45, 2.75) is 32.3 Å². The van der Waals surface area contributed by atoms with E-state index in [0.717, 1.165) is 50.7 Å². The molecule has 32 heavy (non-hydrogen) atoms. The largest absolute Gasteiger partial charge is 0.379 e. The molecule has 1 atom stereocenters. The van der Waals surface area contributed by atoms with Gasteiger partial charge in [-0.2, -0.15) is 0 Å². The van der Waals surface area contributed by atoms with Gasteiger partial charge in [0.05, 0.1) is 12.7 Å². The number of carbonyl (C=O) groups is 1. The second kappa shape index (κ2) is 13.2. The summed E-state index contributed by atoms with van der Waals surface area (Å²) in [7, 11) is 0. The van der Waals surface area contributed by atoms with Crippen LogP contribution in [0.15, 0.2) is 29.3 Å². The molecule has 0 bridgehead atoms. The third-order valence-corrected chi connectivity index (χ3v) is 5.61. The van der Waals surface area contributed by atoms with Gasteiger partial charge in [-0.25, -0.2) is 4.39 Å². The summed E-state index contributed by atoms with van der Waals surface area (Å²) >= 11 is 0. The number of nitrogens with zero attached hydrogens (tertiary/aromatic N) is 3. The molecule has 9 heteroatoms. The fourth-order valence-corrected chi connectivity index (χ4v) is 3.80. The molecule has 2 aliphatic heterocycles.